The first kappa shape index (κ1) is 9.84. The molecule has 2 rings (SSSR count). The Hall–Kier alpha value is -1.70. The molecule has 0 aromatic heterocycles. The zero-order valence-corrected chi connectivity index (χ0v) is 8.70. The number of benzene rings is 2. The molecule has 2 aromatic rings. The average molecular weight is 202 g/mol. The van der Waals surface area contributed by atoms with Crippen molar-refractivity contribution >= 4 is 10.8 Å². The van der Waals surface area contributed by atoms with Crippen LogP contribution in [-0.4, -0.2) is 10.2 Å². The molecular weight excluding hydrogens is 188 g/mol. The van der Waals surface area contributed by atoms with Crippen molar-refractivity contribution in [1.29, 1.82) is 0 Å². The molecule has 0 fully saturated rings. The van der Waals surface area contributed by atoms with Crippen molar-refractivity contribution in [2.24, 2.45) is 0 Å². The Kier molecular flexibility index (Phi) is 2.50. The van der Waals surface area contributed by atoms with E-state index in [1.165, 1.54) is 11.6 Å². The second-order valence-corrected chi connectivity index (χ2v) is 3.77. The Bertz CT molecular complexity index is 489. The van der Waals surface area contributed by atoms with Gasteiger partial charge in [0, 0.05) is 11.5 Å². The second kappa shape index (κ2) is 3.81. The summed E-state index contributed by atoms with van der Waals surface area (Å²) in [5.74, 6) is 0.242. The molecule has 0 saturated carbocycles. The van der Waals surface area contributed by atoms with Gasteiger partial charge in [-0.25, -0.2) is 0 Å². The molecule has 2 nitrogen and oxygen atoms in total. The summed E-state index contributed by atoms with van der Waals surface area (Å²) in [5, 5.41) is 20.7. The molecule has 0 bridgehead atoms. The third kappa shape index (κ3) is 1.89. The minimum Gasteiger partial charge on any atom is -0.508 e. The molecule has 0 aliphatic carbocycles. The minimum atomic E-state index is 0.100. The topological polar surface area (TPSA) is 40.5 Å². The van der Waals surface area contributed by atoms with Crippen molar-refractivity contribution in [1.82, 2.24) is 0 Å². The van der Waals surface area contributed by atoms with Crippen molar-refractivity contribution in [2.75, 3.05) is 0 Å². The summed E-state index contributed by atoms with van der Waals surface area (Å²) in [4.78, 5) is 0. The molecule has 0 aliphatic rings. The molecule has 78 valence electrons. The third-order valence-corrected chi connectivity index (χ3v) is 2.52. The summed E-state index contributed by atoms with van der Waals surface area (Å²) < 4.78 is 0. The van der Waals surface area contributed by atoms with Crippen LogP contribution in [0.4, 0.5) is 0 Å². The Morgan fingerprint density at radius 3 is 2.60 bits per heavy atom. The van der Waals surface area contributed by atoms with Crippen molar-refractivity contribution < 1.29 is 10.2 Å². The first-order chi connectivity index (χ1) is 7.20. The predicted octanol–water partition coefficient (Wildman–Crippen LogP) is 3.20. The van der Waals surface area contributed by atoms with E-state index in [0.717, 1.165) is 23.6 Å². The van der Waals surface area contributed by atoms with Gasteiger partial charge in [-0.1, -0.05) is 25.5 Å². The van der Waals surface area contributed by atoms with Gasteiger partial charge in [-0.15, -0.1) is 0 Å². The van der Waals surface area contributed by atoms with Crippen LogP contribution in [0, 0.1) is 0 Å². The van der Waals surface area contributed by atoms with Gasteiger partial charge in [0.1, 0.15) is 11.5 Å². The third-order valence-electron chi connectivity index (χ3n) is 2.52. The molecule has 0 unspecified atom stereocenters. The van der Waals surface area contributed by atoms with Gasteiger partial charge in [-0.2, -0.15) is 0 Å². The Morgan fingerprint density at radius 1 is 1.07 bits per heavy atom. The SMILES string of the molecule is CCCc1ccc2cc(O)cc(O)c2c1. The maximum absolute atomic E-state index is 9.68. The van der Waals surface area contributed by atoms with Crippen LogP contribution in [0.15, 0.2) is 30.3 Å². The predicted molar refractivity (Wildman–Crippen MR) is 61.3 cm³/mol. The molecule has 0 spiro atoms. The van der Waals surface area contributed by atoms with Crippen LogP contribution in [0.5, 0.6) is 11.5 Å². The van der Waals surface area contributed by atoms with Crippen LogP contribution < -0.4 is 0 Å². The highest BCUT2D eigenvalue weighted by Gasteiger charge is 2.03. The lowest BCUT2D eigenvalue weighted by Gasteiger charge is -2.05. The molecule has 2 aromatic carbocycles. The molecule has 0 amide bonds. The molecule has 2 N–H and O–H groups in total. The van der Waals surface area contributed by atoms with Crippen LogP contribution in [0.1, 0.15) is 18.9 Å². The minimum absolute atomic E-state index is 0.100. The van der Waals surface area contributed by atoms with E-state index in [0.29, 0.717) is 0 Å². The first-order valence-electron chi connectivity index (χ1n) is 5.15. The molecule has 0 heterocycles. The van der Waals surface area contributed by atoms with Crippen molar-refractivity contribution in [3.05, 3.63) is 35.9 Å². The van der Waals surface area contributed by atoms with Crippen LogP contribution in [0.2, 0.25) is 0 Å². The van der Waals surface area contributed by atoms with Crippen LogP contribution >= 0.6 is 0 Å². The largest absolute Gasteiger partial charge is 0.508 e. The van der Waals surface area contributed by atoms with Gasteiger partial charge >= 0.3 is 0 Å². The van der Waals surface area contributed by atoms with E-state index in [2.05, 4.69) is 6.92 Å². The van der Waals surface area contributed by atoms with Gasteiger partial charge in [0.15, 0.2) is 0 Å². The van der Waals surface area contributed by atoms with Crippen molar-refractivity contribution in [3.8, 4) is 11.5 Å². The number of fused-ring (bicyclic) bond motifs is 1. The second-order valence-electron chi connectivity index (χ2n) is 3.77. The standard InChI is InChI=1S/C13H14O2/c1-2-3-9-4-5-10-7-11(14)8-13(15)12(10)6-9/h4-8,14-15H,2-3H2,1H3. The summed E-state index contributed by atoms with van der Waals surface area (Å²) in [5.41, 5.74) is 1.21. The fourth-order valence-electron chi connectivity index (χ4n) is 1.81. The van der Waals surface area contributed by atoms with E-state index in [4.69, 9.17) is 0 Å². The van der Waals surface area contributed by atoms with Gasteiger partial charge in [0.25, 0.3) is 0 Å². The number of hydrogen-bond donors (Lipinski definition) is 2. The molecule has 2 heteroatoms. The summed E-state index contributed by atoms with van der Waals surface area (Å²) in [6.07, 6.45) is 2.10. The lowest BCUT2D eigenvalue weighted by atomic mass is 10.0. The fourth-order valence-corrected chi connectivity index (χ4v) is 1.81. The van der Waals surface area contributed by atoms with Crippen molar-refractivity contribution in [2.45, 2.75) is 19.8 Å². The quantitative estimate of drug-likeness (QED) is 0.785. The van der Waals surface area contributed by atoms with E-state index >= 15 is 0 Å². The maximum Gasteiger partial charge on any atom is 0.127 e. The highest BCUT2D eigenvalue weighted by atomic mass is 16.3. The lowest BCUT2D eigenvalue weighted by Crippen LogP contribution is -1.83. The zero-order chi connectivity index (χ0) is 10.8. The van der Waals surface area contributed by atoms with E-state index in [-0.39, 0.29) is 11.5 Å². The van der Waals surface area contributed by atoms with E-state index in [1.807, 2.05) is 18.2 Å². The Morgan fingerprint density at radius 2 is 1.87 bits per heavy atom. The van der Waals surface area contributed by atoms with Gasteiger partial charge in [0.2, 0.25) is 0 Å². The number of hydrogen-bond acceptors (Lipinski definition) is 2. The Balaban J connectivity index is 2.60. The van der Waals surface area contributed by atoms with E-state index < -0.39 is 0 Å². The van der Waals surface area contributed by atoms with Crippen LogP contribution in [-0.2, 0) is 6.42 Å². The molecule has 15 heavy (non-hydrogen) atoms. The van der Waals surface area contributed by atoms with Gasteiger partial charge < -0.3 is 10.2 Å². The van der Waals surface area contributed by atoms with Crippen molar-refractivity contribution in [3.63, 3.8) is 0 Å². The summed E-state index contributed by atoms with van der Waals surface area (Å²) in [6.45, 7) is 2.13. The van der Waals surface area contributed by atoms with E-state index in [1.54, 1.807) is 6.07 Å². The van der Waals surface area contributed by atoms with Gasteiger partial charge in [-0.05, 0) is 29.5 Å². The summed E-state index contributed by atoms with van der Waals surface area (Å²) >= 11 is 0. The zero-order valence-electron chi connectivity index (χ0n) is 8.70. The molecule has 0 aliphatic heterocycles. The molecular formula is C13H14O2. The average Bonchev–Trinajstić information content (AvgIpc) is 2.19. The first-order valence-corrected chi connectivity index (χ1v) is 5.15. The smallest absolute Gasteiger partial charge is 0.127 e. The molecule has 0 saturated heterocycles. The molecule has 0 atom stereocenters. The monoisotopic (exact) mass is 202 g/mol. The molecule has 0 radical (unpaired) electrons. The fraction of sp³-hybridized carbons (Fsp3) is 0.231. The summed E-state index contributed by atoms with van der Waals surface area (Å²) in [7, 11) is 0. The number of aromatic hydroxyl groups is 2. The highest BCUT2D eigenvalue weighted by Crippen LogP contribution is 2.30. The van der Waals surface area contributed by atoms with Gasteiger partial charge in [0.05, 0.1) is 0 Å². The van der Waals surface area contributed by atoms with E-state index in [9.17, 15) is 10.2 Å². The lowest BCUT2D eigenvalue weighted by molar-refractivity contribution is 0.455. The Labute approximate surface area is 88.8 Å². The number of aryl methyl sites for hydroxylation is 1. The normalized spacial score (nSPS) is 10.7. The highest BCUT2D eigenvalue weighted by molar-refractivity contribution is 5.90. The summed E-state index contributed by atoms with van der Waals surface area (Å²) in [6, 6.07) is 8.97. The van der Waals surface area contributed by atoms with Crippen LogP contribution in [0.3, 0.4) is 0 Å². The van der Waals surface area contributed by atoms with Crippen LogP contribution in [0.25, 0.3) is 10.8 Å². The number of phenols is 2. The van der Waals surface area contributed by atoms with Gasteiger partial charge in [-0.3, -0.25) is 0 Å². The maximum atomic E-state index is 9.68. The number of rotatable bonds is 2. The number of phenolic OH excluding ortho intramolecular Hbond substituents is 2.